The van der Waals surface area contributed by atoms with Gasteiger partial charge in [-0.15, -0.1) is 0 Å². The molecule has 0 spiro atoms. The van der Waals surface area contributed by atoms with E-state index in [9.17, 15) is 4.39 Å². The molecular weight excluding hydrogens is 382 g/mol. The molecule has 94 valence electrons. The summed E-state index contributed by atoms with van der Waals surface area (Å²) in [6, 6.07) is 12.5. The molecule has 0 radical (unpaired) electrons. The fourth-order valence-electron chi connectivity index (χ4n) is 1.72. The van der Waals surface area contributed by atoms with Gasteiger partial charge >= 0.3 is 0 Å². The quantitative estimate of drug-likeness (QED) is 0.569. The van der Waals surface area contributed by atoms with Gasteiger partial charge in [0.1, 0.15) is 5.82 Å². The maximum absolute atomic E-state index is 13.7. The zero-order chi connectivity index (χ0) is 13.1. The van der Waals surface area contributed by atoms with Crippen LogP contribution in [-0.4, -0.2) is 0 Å². The summed E-state index contributed by atoms with van der Waals surface area (Å²) in [5, 5.41) is 0.706. The Kier molecular flexibility index (Phi) is 4.82. The van der Waals surface area contributed by atoms with Crippen LogP contribution in [0.1, 0.15) is 16.0 Å². The number of halogens is 4. The summed E-state index contributed by atoms with van der Waals surface area (Å²) in [4.78, 5) is -0.102. The second-order valence-corrected chi connectivity index (χ2v) is 6.36. The van der Waals surface area contributed by atoms with Crippen LogP contribution in [-0.2, 0) is 6.42 Å². The molecule has 0 heterocycles. The molecule has 0 nitrogen and oxygen atoms in total. The van der Waals surface area contributed by atoms with Crippen LogP contribution in [0, 0.1) is 5.82 Å². The van der Waals surface area contributed by atoms with Crippen LogP contribution in [0.15, 0.2) is 46.9 Å². The number of alkyl halides is 1. The first-order valence-corrected chi connectivity index (χ1v) is 7.49. The predicted octanol–water partition coefficient (Wildman–Crippen LogP) is 5.92. The average molecular weight is 392 g/mol. The van der Waals surface area contributed by atoms with Crippen LogP contribution in [0.5, 0.6) is 0 Å². The molecule has 4 heteroatoms. The summed E-state index contributed by atoms with van der Waals surface area (Å²) in [5.74, 6) is -0.216. The predicted molar refractivity (Wildman–Crippen MR) is 80.9 cm³/mol. The molecule has 0 aromatic heterocycles. The number of hydrogen-bond donors (Lipinski definition) is 0. The summed E-state index contributed by atoms with van der Waals surface area (Å²) in [6.07, 6.45) is 0.646. The van der Waals surface area contributed by atoms with E-state index in [4.69, 9.17) is 11.6 Å². The van der Waals surface area contributed by atoms with Gasteiger partial charge in [-0.25, -0.2) is 4.39 Å². The number of hydrogen-bond acceptors (Lipinski definition) is 0. The molecule has 2 aromatic carbocycles. The fraction of sp³-hybridized carbons (Fsp3) is 0.143. The highest BCUT2D eigenvalue weighted by Crippen LogP contribution is 2.32. The van der Waals surface area contributed by atoms with Gasteiger partial charge in [-0.2, -0.15) is 0 Å². The summed E-state index contributed by atoms with van der Waals surface area (Å²) >= 11 is 13.0. The second-order valence-electron chi connectivity index (χ2n) is 3.93. The van der Waals surface area contributed by atoms with E-state index in [1.807, 2.05) is 24.3 Å². The molecule has 1 unspecified atom stereocenters. The van der Waals surface area contributed by atoms with Crippen LogP contribution in [0.3, 0.4) is 0 Å². The Labute approximate surface area is 127 Å². The summed E-state index contributed by atoms with van der Waals surface area (Å²) in [7, 11) is 0. The lowest BCUT2D eigenvalue weighted by Crippen LogP contribution is -1.99. The highest BCUT2D eigenvalue weighted by atomic mass is 79.9. The minimum Gasteiger partial charge on any atom is -0.207 e. The Morgan fingerprint density at radius 2 is 1.89 bits per heavy atom. The van der Waals surface area contributed by atoms with Gasteiger partial charge in [0.05, 0.1) is 0 Å². The van der Waals surface area contributed by atoms with Crippen molar-refractivity contribution in [3.05, 3.63) is 68.9 Å². The maximum atomic E-state index is 13.7. The zero-order valence-corrected chi connectivity index (χ0v) is 13.3. The third kappa shape index (κ3) is 3.34. The van der Waals surface area contributed by atoms with E-state index >= 15 is 0 Å². The number of benzene rings is 2. The minimum absolute atomic E-state index is 0.102. The Hall–Kier alpha value is -0.380. The minimum atomic E-state index is -0.216. The topological polar surface area (TPSA) is 0 Å². The monoisotopic (exact) mass is 390 g/mol. The lowest BCUT2D eigenvalue weighted by atomic mass is 10.0. The van der Waals surface area contributed by atoms with E-state index < -0.39 is 0 Å². The number of rotatable bonds is 3. The van der Waals surface area contributed by atoms with Crippen molar-refractivity contribution in [3.63, 3.8) is 0 Å². The first kappa shape index (κ1) is 14.0. The molecule has 0 aliphatic rings. The van der Waals surface area contributed by atoms with Gasteiger partial charge in [-0.3, -0.25) is 0 Å². The third-order valence-corrected chi connectivity index (χ3v) is 4.33. The SMILES string of the molecule is Fc1ccc(Br)cc1C(Br)Cc1ccccc1Cl. The molecule has 0 saturated heterocycles. The summed E-state index contributed by atoms with van der Waals surface area (Å²) < 4.78 is 14.6. The third-order valence-electron chi connectivity index (χ3n) is 2.65. The van der Waals surface area contributed by atoms with Gasteiger partial charge in [-0.05, 0) is 36.2 Å². The molecule has 0 aliphatic carbocycles. The first-order valence-electron chi connectivity index (χ1n) is 5.40. The van der Waals surface area contributed by atoms with Gasteiger partial charge in [-0.1, -0.05) is 61.7 Å². The fourth-order valence-corrected chi connectivity index (χ4v) is 3.01. The molecular formula is C14H10Br2ClF. The zero-order valence-electron chi connectivity index (χ0n) is 9.34. The molecule has 0 N–H and O–H groups in total. The lowest BCUT2D eigenvalue weighted by Gasteiger charge is -2.13. The van der Waals surface area contributed by atoms with Crippen molar-refractivity contribution in [2.75, 3.05) is 0 Å². The van der Waals surface area contributed by atoms with Crippen LogP contribution >= 0.6 is 43.5 Å². The Balaban J connectivity index is 2.25. The van der Waals surface area contributed by atoms with Gasteiger partial charge < -0.3 is 0 Å². The van der Waals surface area contributed by atoms with Crippen molar-refractivity contribution in [1.29, 1.82) is 0 Å². The maximum Gasteiger partial charge on any atom is 0.127 e. The molecule has 2 rings (SSSR count). The Bertz CT molecular complexity index is 557. The van der Waals surface area contributed by atoms with Crippen molar-refractivity contribution in [3.8, 4) is 0 Å². The largest absolute Gasteiger partial charge is 0.207 e. The van der Waals surface area contributed by atoms with Gasteiger partial charge in [0, 0.05) is 19.9 Å². The standard InChI is InChI=1S/C14H10Br2ClF/c15-10-5-6-14(18)11(8-10)12(16)7-9-3-1-2-4-13(9)17/h1-6,8,12H,7H2. The van der Waals surface area contributed by atoms with E-state index in [0.717, 1.165) is 10.0 Å². The Morgan fingerprint density at radius 1 is 1.17 bits per heavy atom. The highest BCUT2D eigenvalue weighted by Gasteiger charge is 2.15. The van der Waals surface area contributed by atoms with E-state index in [0.29, 0.717) is 17.0 Å². The van der Waals surface area contributed by atoms with Crippen LogP contribution in [0.25, 0.3) is 0 Å². The van der Waals surface area contributed by atoms with Crippen molar-refractivity contribution in [1.82, 2.24) is 0 Å². The van der Waals surface area contributed by atoms with Gasteiger partial charge in [0.15, 0.2) is 0 Å². The molecule has 0 aliphatic heterocycles. The smallest absolute Gasteiger partial charge is 0.127 e. The van der Waals surface area contributed by atoms with E-state index in [2.05, 4.69) is 31.9 Å². The Morgan fingerprint density at radius 3 is 2.61 bits per heavy atom. The summed E-state index contributed by atoms with van der Waals surface area (Å²) in [6.45, 7) is 0. The van der Waals surface area contributed by atoms with Crippen LogP contribution < -0.4 is 0 Å². The molecule has 0 bridgehead atoms. The molecule has 0 amide bonds. The van der Waals surface area contributed by atoms with Gasteiger partial charge in [0.2, 0.25) is 0 Å². The van der Waals surface area contributed by atoms with Crippen LogP contribution in [0.2, 0.25) is 5.02 Å². The molecule has 1 atom stereocenters. The highest BCUT2D eigenvalue weighted by molar-refractivity contribution is 9.10. The first-order chi connectivity index (χ1) is 8.58. The van der Waals surface area contributed by atoms with Crippen molar-refractivity contribution < 1.29 is 4.39 Å². The molecule has 18 heavy (non-hydrogen) atoms. The molecule has 0 fully saturated rings. The lowest BCUT2D eigenvalue weighted by molar-refractivity contribution is 0.607. The van der Waals surface area contributed by atoms with Gasteiger partial charge in [0.25, 0.3) is 0 Å². The van der Waals surface area contributed by atoms with Crippen molar-refractivity contribution in [2.24, 2.45) is 0 Å². The second kappa shape index (κ2) is 6.18. The normalized spacial score (nSPS) is 12.4. The van der Waals surface area contributed by atoms with E-state index in [-0.39, 0.29) is 10.6 Å². The van der Waals surface area contributed by atoms with Crippen molar-refractivity contribution >= 4 is 43.5 Å². The molecule has 2 aromatic rings. The van der Waals surface area contributed by atoms with E-state index in [1.54, 1.807) is 12.1 Å². The van der Waals surface area contributed by atoms with Crippen molar-refractivity contribution in [2.45, 2.75) is 11.2 Å². The molecule has 0 saturated carbocycles. The summed E-state index contributed by atoms with van der Waals surface area (Å²) in [5.41, 5.74) is 1.63. The van der Waals surface area contributed by atoms with E-state index in [1.165, 1.54) is 6.07 Å². The average Bonchev–Trinajstić information content (AvgIpc) is 2.35. The van der Waals surface area contributed by atoms with Crippen LogP contribution in [0.4, 0.5) is 4.39 Å².